The van der Waals surface area contributed by atoms with Crippen molar-refractivity contribution in [1.29, 1.82) is 0 Å². The van der Waals surface area contributed by atoms with Crippen molar-refractivity contribution in [3.05, 3.63) is 40.4 Å². The number of carbonyl (C=O) groups is 1. The van der Waals surface area contributed by atoms with Gasteiger partial charge in [-0.05, 0) is 19.2 Å². The first-order chi connectivity index (χ1) is 10.6. The van der Waals surface area contributed by atoms with E-state index in [-0.39, 0.29) is 5.91 Å². The molecule has 0 aromatic carbocycles. The van der Waals surface area contributed by atoms with E-state index in [0.29, 0.717) is 11.5 Å². The fourth-order valence-electron chi connectivity index (χ4n) is 2.39. The third-order valence-electron chi connectivity index (χ3n) is 3.79. The monoisotopic (exact) mass is 320 g/mol. The summed E-state index contributed by atoms with van der Waals surface area (Å²) in [6.07, 6.45) is 3.91. The fourth-order valence-corrected chi connectivity index (χ4v) is 2.93. The number of likely N-dealkylation sites (N-methyl/N-ethyl adjacent to an activating group) is 1. The SMILES string of the molecule is CN1CCN(C2=CC=C(NC(=O)c3cscn3)N(C)N2)CC1. The zero-order chi connectivity index (χ0) is 15.5. The number of rotatable bonds is 3. The molecule has 0 radical (unpaired) electrons. The van der Waals surface area contributed by atoms with Crippen molar-refractivity contribution in [2.75, 3.05) is 40.3 Å². The molecule has 1 saturated heterocycles. The van der Waals surface area contributed by atoms with E-state index < -0.39 is 0 Å². The van der Waals surface area contributed by atoms with Gasteiger partial charge in [0.1, 0.15) is 17.3 Å². The molecule has 7 nitrogen and oxygen atoms in total. The maximum atomic E-state index is 12.0. The van der Waals surface area contributed by atoms with Crippen molar-refractivity contribution in [3.8, 4) is 0 Å². The smallest absolute Gasteiger partial charge is 0.276 e. The number of hydrazine groups is 1. The second kappa shape index (κ2) is 6.37. The Balaban J connectivity index is 1.65. The molecule has 22 heavy (non-hydrogen) atoms. The number of hydrogen-bond donors (Lipinski definition) is 2. The van der Waals surface area contributed by atoms with E-state index in [9.17, 15) is 4.79 Å². The first-order valence-corrected chi connectivity index (χ1v) is 8.13. The van der Waals surface area contributed by atoms with Crippen LogP contribution in [0.5, 0.6) is 0 Å². The molecule has 1 aromatic heterocycles. The van der Waals surface area contributed by atoms with Gasteiger partial charge in [0, 0.05) is 38.6 Å². The number of allylic oxidation sites excluding steroid dienone is 2. The average molecular weight is 320 g/mol. The Morgan fingerprint density at radius 1 is 1.27 bits per heavy atom. The molecule has 2 N–H and O–H groups in total. The first kappa shape index (κ1) is 14.9. The minimum atomic E-state index is -0.197. The Morgan fingerprint density at radius 3 is 2.68 bits per heavy atom. The van der Waals surface area contributed by atoms with Gasteiger partial charge in [0.25, 0.3) is 5.91 Å². The molecular weight excluding hydrogens is 300 g/mol. The van der Waals surface area contributed by atoms with Gasteiger partial charge in [-0.15, -0.1) is 11.3 Å². The number of piperazine rings is 1. The minimum Gasteiger partial charge on any atom is -0.355 e. The van der Waals surface area contributed by atoms with E-state index in [1.54, 1.807) is 10.9 Å². The Kier molecular flexibility index (Phi) is 4.30. The van der Waals surface area contributed by atoms with Gasteiger partial charge in [0.15, 0.2) is 0 Å². The second-order valence-corrected chi connectivity index (χ2v) is 6.11. The second-order valence-electron chi connectivity index (χ2n) is 5.39. The lowest BCUT2D eigenvalue weighted by atomic mass is 10.3. The zero-order valence-electron chi connectivity index (χ0n) is 12.7. The molecule has 0 aliphatic carbocycles. The van der Waals surface area contributed by atoms with Crippen LogP contribution in [0.25, 0.3) is 0 Å². The van der Waals surface area contributed by atoms with E-state index in [0.717, 1.165) is 32.0 Å². The molecule has 0 unspecified atom stereocenters. The molecule has 1 amide bonds. The molecule has 3 rings (SSSR count). The lowest BCUT2D eigenvalue weighted by Gasteiger charge is -2.39. The molecule has 0 saturated carbocycles. The van der Waals surface area contributed by atoms with Crippen LogP contribution in [0, 0.1) is 0 Å². The highest BCUT2D eigenvalue weighted by Gasteiger charge is 2.21. The highest BCUT2D eigenvalue weighted by Crippen LogP contribution is 2.13. The summed E-state index contributed by atoms with van der Waals surface area (Å²) < 4.78 is 0. The number of nitrogens with one attached hydrogen (secondary N) is 2. The molecule has 1 fully saturated rings. The predicted molar refractivity (Wildman–Crippen MR) is 85.7 cm³/mol. The quantitative estimate of drug-likeness (QED) is 0.833. The Labute approximate surface area is 133 Å². The summed E-state index contributed by atoms with van der Waals surface area (Å²) in [5.74, 6) is 1.57. The van der Waals surface area contributed by atoms with Crippen LogP contribution in [0.4, 0.5) is 0 Å². The highest BCUT2D eigenvalue weighted by molar-refractivity contribution is 7.07. The summed E-state index contributed by atoms with van der Waals surface area (Å²) >= 11 is 1.41. The molecule has 8 heteroatoms. The van der Waals surface area contributed by atoms with Crippen molar-refractivity contribution < 1.29 is 4.79 Å². The van der Waals surface area contributed by atoms with Crippen LogP contribution >= 0.6 is 11.3 Å². The Morgan fingerprint density at radius 2 is 2.05 bits per heavy atom. The summed E-state index contributed by atoms with van der Waals surface area (Å²) in [6, 6.07) is 0. The van der Waals surface area contributed by atoms with Crippen LogP contribution in [0.3, 0.4) is 0 Å². The number of nitrogens with zero attached hydrogens (tertiary/aromatic N) is 4. The zero-order valence-corrected chi connectivity index (χ0v) is 13.6. The van der Waals surface area contributed by atoms with Crippen molar-refractivity contribution in [1.82, 2.24) is 30.5 Å². The maximum Gasteiger partial charge on any atom is 0.276 e. The van der Waals surface area contributed by atoms with E-state index in [1.165, 1.54) is 11.3 Å². The van der Waals surface area contributed by atoms with Crippen LogP contribution < -0.4 is 10.7 Å². The average Bonchev–Trinajstić information content (AvgIpc) is 3.04. The summed E-state index contributed by atoms with van der Waals surface area (Å²) in [7, 11) is 4.02. The molecule has 3 heterocycles. The van der Waals surface area contributed by atoms with Crippen molar-refractivity contribution in [3.63, 3.8) is 0 Å². The van der Waals surface area contributed by atoms with E-state index in [2.05, 4.69) is 32.6 Å². The van der Waals surface area contributed by atoms with Crippen molar-refractivity contribution in [2.24, 2.45) is 0 Å². The molecule has 0 atom stereocenters. The largest absolute Gasteiger partial charge is 0.355 e. The third kappa shape index (κ3) is 3.23. The normalized spacial score (nSPS) is 19.4. The molecule has 2 aliphatic rings. The summed E-state index contributed by atoms with van der Waals surface area (Å²) in [5.41, 5.74) is 5.39. The lowest BCUT2D eigenvalue weighted by Crippen LogP contribution is -2.51. The molecule has 1 aromatic rings. The van der Waals surface area contributed by atoms with Gasteiger partial charge < -0.3 is 15.1 Å². The summed E-state index contributed by atoms with van der Waals surface area (Å²) in [5, 5.41) is 6.41. The predicted octanol–water partition coefficient (Wildman–Crippen LogP) is 0.253. The maximum absolute atomic E-state index is 12.0. The Hall–Kier alpha value is -2.06. The van der Waals surface area contributed by atoms with Gasteiger partial charge in [-0.3, -0.25) is 15.2 Å². The van der Waals surface area contributed by atoms with E-state index in [4.69, 9.17) is 0 Å². The Bertz CT molecular complexity index is 588. The van der Waals surface area contributed by atoms with E-state index >= 15 is 0 Å². The van der Waals surface area contributed by atoms with Gasteiger partial charge in [0.05, 0.1) is 5.51 Å². The van der Waals surface area contributed by atoms with Crippen LogP contribution in [0.1, 0.15) is 10.5 Å². The fraction of sp³-hybridized carbons (Fsp3) is 0.429. The topological polar surface area (TPSA) is 63.7 Å². The van der Waals surface area contributed by atoms with Crippen LogP contribution in [0.15, 0.2) is 34.7 Å². The van der Waals surface area contributed by atoms with E-state index in [1.807, 2.05) is 24.2 Å². The third-order valence-corrected chi connectivity index (χ3v) is 4.38. The van der Waals surface area contributed by atoms with Gasteiger partial charge in [-0.2, -0.15) is 0 Å². The van der Waals surface area contributed by atoms with Crippen LogP contribution in [-0.2, 0) is 0 Å². The van der Waals surface area contributed by atoms with Crippen molar-refractivity contribution >= 4 is 17.2 Å². The minimum absolute atomic E-state index is 0.197. The summed E-state index contributed by atoms with van der Waals surface area (Å²) in [6.45, 7) is 4.11. The molecule has 0 spiro atoms. The number of hydrogen-bond acceptors (Lipinski definition) is 7. The molecule has 118 valence electrons. The van der Waals surface area contributed by atoms with Crippen molar-refractivity contribution in [2.45, 2.75) is 0 Å². The van der Waals surface area contributed by atoms with Gasteiger partial charge in [0.2, 0.25) is 0 Å². The molecule has 2 aliphatic heterocycles. The highest BCUT2D eigenvalue weighted by atomic mass is 32.1. The van der Waals surface area contributed by atoms with Gasteiger partial charge >= 0.3 is 0 Å². The van der Waals surface area contributed by atoms with Gasteiger partial charge in [-0.1, -0.05) is 0 Å². The number of carbonyl (C=O) groups excluding carboxylic acids is 1. The van der Waals surface area contributed by atoms with Crippen LogP contribution in [-0.4, -0.2) is 66.0 Å². The number of amides is 1. The van der Waals surface area contributed by atoms with Crippen LogP contribution in [0.2, 0.25) is 0 Å². The standard InChI is InChI=1S/C14H20N6OS/c1-18-5-7-20(8-6-18)13-4-3-12(19(2)17-13)16-14(21)11-9-22-10-15-11/h3-4,9-10,17H,5-8H2,1-2H3,(H,16,21). The molecule has 0 bridgehead atoms. The molecular formula is C14H20N6OS. The number of aromatic nitrogens is 1. The first-order valence-electron chi connectivity index (χ1n) is 7.19. The lowest BCUT2D eigenvalue weighted by molar-refractivity contribution is 0.0937. The number of thiazole rings is 1. The summed E-state index contributed by atoms with van der Waals surface area (Å²) in [4.78, 5) is 20.7. The van der Waals surface area contributed by atoms with Gasteiger partial charge in [-0.25, -0.2) is 4.98 Å².